The van der Waals surface area contributed by atoms with E-state index in [1.54, 1.807) is 11.5 Å². The molecule has 4 heterocycles. The Labute approximate surface area is 234 Å². The van der Waals surface area contributed by atoms with Crippen LogP contribution in [0.5, 0.6) is 0 Å². The molecule has 5 N–H and O–H groups in total. The van der Waals surface area contributed by atoms with Gasteiger partial charge in [-0.15, -0.1) is 0 Å². The number of pyridine rings is 2. The zero-order valence-electron chi connectivity index (χ0n) is 22.9. The van der Waals surface area contributed by atoms with Gasteiger partial charge >= 0.3 is 0 Å². The second-order valence-electron chi connectivity index (χ2n) is 10.9. The Morgan fingerprint density at radius 1 is 1.29 bits per heavy atom. The standard InChI is InChI=1S/C29H32FN5O6/c1-3-29(39)12-40-10-17-18(29)6-22-27-16(9-35(22)28(17)38)26-20(33-24(37)11-41-13-32-23(36)8-31)5-4-15-14(2)19(30)7-21(34-27)25(15)26/h6-7,20,39H,3-5,8-13,31H2,1-2H3,(H,32,36)(H,33,37)/t20-,29+/m0/s1. The van der Waals surface area contributed by atoms with Crippen LogP contribution in [0.4, 0.5) is 4.39 Å². The van der Waals surface area contributed by atoms with E-state index in [2.05, 4.69) is 10.6 Å². The number of aryl methyl sites for hydroxylation is 1. The number of rotatable bonds is 7. The number of benzene rings is 1. The fourth-order valence-electron chi connectivity index (χ4n) is 6.32. The van der Waals surface area contributed by atoms with Crippen molar-refractivity contribution in [3.05, 3.63) is 61.7 Å². The van der Waals surface area contributed by atoms with E-state index >= 15 is 4.39 Å². The largest absolute Gasteiger partial charge is 0.383 e. The molecule has 0 saturated carbocycles. The highest BCUT2D eigenvalue weighted by atomic mass is 19.1. The predicted molar refractivity (Wildman–Crippen MR) is 146 cm³/mol. The molecule has 2 amide bonds. The maximum absolute atomic E-state index is 15.0. The van der Waals surface area contributed by atoms with Gasteiger partial charge in [0.15, 0.2) is 0 Å². The van der Waals surface area contributed by atoms with Crippen molar-refractivity contribution >= 4 is 22.7 Å². The number of nitrogens with zero attached hydrogens (tertiary/aromatic N) is 2. The van der Waals surface area contributed by atoms with Crippen molar-refractivity contribution in [3.8, 4) is 11.4 Å². The summed E-state index contributed by atoms with van der Waals surface area (Å²) in [5.74, 6) is -1.14. The third-order valence-electron chi connectivity index (χ3n) is 8.53. The molecule has 2 aromatic heterocycles. The van der Waals surface area contributed by atoms with E-state index in [9.17, 15) is 19.5 Å². The lowest BCUT2D eigenvalue weighted by Crippen LogP contribution is -2.40. The number of fused-ring (bicyclic) bond motifs is 5. The van der Waals surface area contributed by atoms with E-state index in [0.29, 0.717) is 52.9 Å². The summed E-state index contributed by atoms with van der Waals surface area (Å²) in [6.07, 6.45) is 1.42. The zero-order valence-corrected chi connectivity index (χ0v) is 22.9. The van der Waals surface area contributed by atoms with E-state index in [1.165, 1.54) is 6.07 Å². The Morgan fingerprint density at radius 2 is 2.10 bits per heavy atom. The lowest BCUT2D eigenvalue weighted by atomic mass is 9.81. The van der Waals surface area contributed by atoms with Crippen LogP contribution in [-0.4, -0.2) is 53.0 Å². The molecule has 1 aromatic carbocycles. The fourth-order valence-corrected chi connectivity index (χ4v) is 6.32. The average Bonchev–Trinajstić information content (AvgIpc) is 3.33. The number of amides is 2. The molecule has 2 atom stereocenters. The van der Waals surface area contributed by atoms with Gasteiger partial charge in [0, 0.05) is 22.6 Å². The van der Waals surface area contributed by atoms with Crippen LogP contribution in [0.15, 0.2) is 16.9 Å². The fraction of sp³-hybridized carbons (Fsp3) is 0.448. The molecule has 0 bridgehead atoms. The number of ether oxygens (including phenoxy) is 2. The SMILES string of the molecule is CC[C@@]1(O)COCc2c1cc1n(c2=O)Cc2c-1nc1cc(F)c(C)c3c1c2[C@@H](NC(=O)COCNC(=O)CN)CC3. The first kappa shape index (κ1) is 27.5. The second-order valence-corrected chi connectivity index (χ2v) is 10.9. The molecule has 41 heavy (non-hydrogen) atoms. The molecule has 0 fully saturated rings. The highest BCUT2D eigenvalue weighted by Gasteiger charge is 2.40. The second kappa shape index (κ2) is 10.3. The number of carbonyl (C=O) groups is 2. The highest BCUT2D eigenvalue weighted by molar-refractivity contribution is 5.93. The summed E-state index contributed by atoms with van der Waals surface area (Å²) in [7, 11) is 0. The van der Waals surface area contributed by atoms with Crippen molar-refractivity contribution in [2.75, 3.05) is 26.5 Å². The van der Waals surface area contributed by atoms with Crippen LogP contribution < -0.4 is 21.9 Å². The number of halogens is 1. The Balaban J connectivity index is 1.44. The van der Waals surface area contributed by atoms with Gasteiger partial charge in [-0.05, 0) is 54.5 Å². The lowest BCUT2D eigenvalue weighted by molar-refractivity contribution is -0.129. The number of hydrogen-bond donors (Lipinski definition) is 4. The number of aromatic nitrogens is 2. The Morgan fingerprint density at radius 3 is 2.85 bits per heavy atom. The molecule has 0 spiro atoms. The van der Waals surface area contributed by atoms with Crippen molar-refractivity contribution in [1.29, 1.82) is 0 Å². The summed E-state index contributed by atoms with van der Waals surface area (Å²) in [6.45, 7) is 3.38. The predicted octanol–water partition coefficient (Wildman–Crippen LogP) is 1.15. The monoisotopic (exact) mass is 565 g/mol. The van der Waals surface area contributed by atoms with Crippen molar-refractivity contribution in [1.82, 2.24) is 20.2 Å². The summed E-state index contributed by atoms with van der Waals surface area (Å²) in [5, 5.41) is 17.5. The summed E-state index contributed by atoms with van der Waals surface area (Å²) in [4.78, 5) is 42.8. The molecule has 11 nitrogen and oxygen atoms in total. The Kier molecular flexibility index (Phi) is 6.89. The average molecular weight is 566 g/mol. The number of carbonyl (C=O) groups excluding carboxylic acids is 2. The van der Waals surface area contributed by atoms with Gasteiger partial charge in [-0.1, -0.05) is 6.92 Å². The topological polar surface area (TPSA) is 158 Å². The number of hydrogen-bond acceptors (Lipinski definition) is 8. The van der Waals surface area contributed by atoms with Gasteiger partial charge in [-0.25, -0.2) is 9.37 Å². The first-order chi connectivity index (χ1) is 19.7. The quantitative estimate of drug-likeness (QED) is 0.192. The van der Waals surface area contributed by atoms with Crippen LogP contribution in [0.2, 0.25) is 0 Å². The molecule has 0 saturated heterocycles. The number of aliphatic hydroxyl groups is 1. The minimum atomic E-state index is -1.30. The molecule has 6 rings (SSSR count). The lowest BCUT2D eigenvalue weighted by Gasteiger charge is -2.33. The van der Waals surface area contributed by atoms with Crippen molar-refractivity contribution < 1.29 is 28.6 Å². The molecule has 2 aliphatic heterocycles. The molecular weight excluding hydrogens is 533 g/mol. The van der Waals surface area contributed by atoms with Crippen molar-refractivity contribution in [2.24, 2.45) is 5.73 Å². The smallest absolute Gasteiger partial charge is 0.257 e. The van der Waals surface area contributed by atoms with Gasteiger partial charge in [-0.3, -0.25) is 14.4 Å². The third-order valence-corrected chi connectivity index (χ3v) is 8.53. The van der Waals surface area contributed by atoms with E-state index in [1.807, 2.05) is 13.0 Å². The van der Waals surface area contributed by atoms with Gasteiger partial charge in [0.25, 0.3) is 5.56 Å². The zero-order chi connectivity index (χ0) is 29.1. The van der Waals surface area contributed by atoms with Gasteiger partial charge in [0.2, 0.25) is 11.8 Å². The minimum absolute atomic E-state index is 0.0859. The van der Waals surface area contributed by atoms with Crippen molar-refractivity contribution in [3.63, 3.8) is 0 Å². The van der Waals surface area contributed by atoms with E-state index in [0.717, 1.165) is 22.1 Å². The molecule has 216 valence electrons. The summed E-state index contributed by atoms with van der Waals surface area (Å²) < 4.78 is 27.5. The van der Waals surface area contributed by atoms with E-state index in [-0.39, 0.29) is 56.9 Å². The maximum Gasteiger partial charge on any atom is 0.257 e. The minimum Gasteiger partial charge on any atom is -0.383 e. The van der Waals surface area contributed by atoms with E-state index < -0.39 is 17.6 Å². The van der Waals surface area contributed by atoms with Crippen LogP contribution in [0.1, 0.15) is 59.2 Å². The van der Waals surface area contributed by atoms with Crippen LogP contribution in [-0.2, 0) is 44.2 Å². The third kappa shape index (κ3) is 4.42. The van der Waals surface area contributed by atoms with Gasteiger partial charge in [-0.2, -0.15) is 0 Å². The van der Waals surface area contributed by atoms with Crippen LogP contribution in [0.3, 0.4) is 0 Å². The van der Waals surface area contributed by atoms with Crippen LogP contribution in [0.25, 0.3) is 22.3 Å². The summed E-state index contributed by atoms with van der Waals surface area (Å²) in [5.41, 5.74) is 9.16. The number of nitrogens with two attached hydrogens (primary N) is 1. The van der Waals surface area contributed by atoms with Crippen LogP contribution in [0, 0.1) is 12.7 Å². The summed E-state index contributed by atoms with van der Waals surface area (Å²) in [6, 6.07) is 2.78. The number of nitrogens with one attached hydrogen (secondary N) is 2. The van der Waals surface area contributed by atoms with Gasteiger partial charge in [0.05, 0.1) is 49.2 Å². The Hall–Kier alpha value is -3.71. The molecule has 0 radical (unpaired) electrons. The molecule has 1 aliphatic carbocycles. The first-order valence-corrected chi connectivity index (χ1v) is 13.7. The first-order valence-electron chi connectivity index (χ1n) is 13.7. The van der Waals surface area contributed by atoms with Gasteiger partial charge in [0.1, 0.15) is 24.8 Å². The molecule has 3 aliphatic rings. The summed E-state index contributed by atoms with van der Waals surface area (Å²) >= 11 is 0. The van der Waals surface area contributed by atoms with Gasteiger partial charge < -0.3 is 35.5 Å². The van der Waals surface area contributed by atoms with Crippen molar-refractivity contribution in [2.45, 2.75) is 57.9 Å². The Bertz CT molecular complexity index is 1670. The molecule has 0 unspecified atom stereocenters. The molecular formula is C29H32FN5O6. The highest BCUT2D eigenvalue weighted by Crippen LogP contribution is 2.45. The van der Waals surface area contributed by atoms with E-state index in [4.69, 9.17) is 20.2 Å². The molecule has 3 aromatic rings. The van der Waals surface area contributed by atoms with Crippen LogP contribution >= 0.6 is 0 Å². The normalized spacial score (nSPS) is 20.4. The maximum atomic E-state index is 15.0. The molecule has 12 heteroatoms.